The standard InChI is InChI=1S/C18H17FN2O2/c19-13-5-7-14(8-6-13)20-9-11-21(12-10-20)17-15-3-1-2-4-16(15)18(22)23-17/h1-8,17H,9-12H2/p+1/t17-/m1/s1. The van der Waals surface area contributed by atoms with E-state index in [4.69, 9.17) is 4.74 Å². The van der Waals surface area contributed by atoms with Gasteiger partial charge in [-0.25, -0.2) is 9.18 Å². The summed E-state index contributed by atoms with van der Waals surface area (Å²) >= 11 is 0. The van der Waals surface area contributed by atoms with E-state index in [1.165, 1.54) is 17.0 Å². The van der Waals surface area contributed by atoms with Gasteiger partial charge in [0.25, 0.3) is 6.23 Å². The lowest BCUT2D eigenvalue weighted by Crippen LogP contribution is -3.15. The number of nitrogens with zero attached hydrogens (tertiary/aromatic N) is 1. The number of halogens is 1. The van der Waals surface area contributed by atoms with Crippen LogP contribution in [0, 0.1) is 5.82 Å². The predicted molar refractivity (Wildman–Crippen MR) is 83.9 cm³/mol. The van der Waals surface area contributed by atoms with E-state index in [1.54, 1.807) is 0 Å². The van der Waals surface area contributed by atoms with E-state index in [0.717, 1.165) is 37.4 Å². The molecule has 0 amide bonds. The fourth-order valence-corrected chi connectivity index (χ4v) is 3.42. The molecule has 118 valence electrons. The molecule has 0 radical (unpaired) electrons. The average Bonchev–Trinajstić information content (AvgIpc) is 2.93. The fourth-order valence-electron chi connectivity index (χ4n) is 3.42. The molecular weight excluding hydrogens is 295 g/mol. The zero-order valence-electron chi connectivity index (χ0n) is 12.7. The lowest BCUT2D eigenvalue weighted by Gasteiger charge is -2.35. The summed E-state index contributed by atoms with van der Waals surface area (Å²) in [6.07, 6.45) is -0.200. The molecular formula is C18H18FN2O2+. The first-order valence-electron chi connectivity index (χ1n) is 7.87. The molecule has 0 aliphatic carbocycles. The van der Waals surface area contributed by atoms with Crippen molar-refractivity contribution < 1.29 is 18.8 Å². The average molecular weight is 313 g/mol. The van der Waals surface area contributed by atoms with Crippen molar-refractivity contribution in [2.75, 3.05) is 31.1 Å². The molecule has 4 rings (SSSR count). The SMILES string of the molecule is O=C1O[C@@H]([NH+]2CCN(c3ccc(F)cc3)CC2)c2ccccc21. The van der Waals surface area contributed by atoms with Crippen molar-refractivity contribution in [1.29, 1.82) is 0 Å². The molecule has 1 fully saturated rings. The molecule has 2 aromatic rings. The second kappa shape index (κ2) is 5.66. The van der Waals surface area contributed by atoms with Gasteiger partial charge in [-0.05, 0) is 36.4 Å². The van der Waals surface area contributed by atoms with E-state index in [2.05, 4.69) is 4.90 Å². The number of piperazine rings is 1. The van der Waals surface area contributed by atoms with Crippen molar-refractivity contribution in [3.05, 3.63) is 65.5 Å². The number of nitrogens with one attached hydrogen (secondary N) is 1. The molecule has 5 heteroatoms. The Hall–Kier alpha value is -2.40. The number of carbonyl (C=O) groups is 1. The molecule has 2 heterocycles. The van der Waals surface area contributed by atoms with E-state index in [0.29, 0.717) is 5.56 Å². The maximum atomic E-state index is 13.0. The Labute approximate surface area is 134 Å². The highest BCUT2D eigenvalue weighted by atomic mass is 19.1. The second-order valence-corrected chi connectivity index (χ2v) is 5.99. The maximum Gasteiger partial charge on any atom is 0.343 e. The summed E-state index contributed by atoms with van der Waals surface area (Å²) in [5.74, 6) is -0.438. The molecule has 1 N–H and O–H groups in total. The summed E-state index contributed by atoms with van der Waals surface area (Å²) in [6.45, 7) is 3.47. The highest BCUT2D eigenvalue weighted by Gasteiger charge is 2.39. The molecule has 0 unspecified atom stereocenters. The maximum absolute atomic E-state index is 13.0. The first-order valence-corrected chi connectivity index (χ1v) is 7.87. The number of cyclic esters (lactones) is 1. The van der Waals surface area contributed by atoms with Crippen molar-refractivity contribution >= 4 is 11.7 Å². The number of benzene rings is 2. The van der Waals surface area contributed by atoms with Crippen LogP contribution in [-0.4, -0.2) is 32.1 Å². The van der Waals surface area contributed by atoms with Crippen LogP contribution >= 0.6 is 0 Å². The van der Waals surface area contributed by atoms with Gasteiger partial charge in [-0.15, -0.1) is 0 Å². The summed E-state index contributed by atoms with van der Waals surface area (Å²) in [5.41, 5.74) is 2.71. The zero-order chi connectivity index (χ0) is 15.8. The summed E-state index contributed by atoms with van der Waals surface area (Å²) in [6, 6.07) is 14.2. The monoisotopic (exact) mass is 313 g/mol. The van der Waals surface area contributed by atoms with E-state index < -0.39 is 0 Å². The lowest BCUT2D eigenvalue weighted by atomic mass is 10.1. The molecule has 1 saturated heterocycles. The number of rotatable bonds is 2. The largest absolute Gasteiger partial charge is 0.404 e. The quantitative estimate of drug-likeness (QED) is 0.851. The van der Waals surface area contributed by atoms with Crippen LogP contribution in [0.3, 0.4) is 0 Å². The smallest absolute Gasteiger partial charge is 0.343 e. The molecule has 0 aromatic heterocycles. The Morgan fingerprint density at radius 1 is 1.04 bits per heavy atom. The van der Waals surface area contributed by atoms with Gasteiger partial charge in [-0.2, -0.15) is 0 Å². The minimum absolute atomic E-state index is 0.200. The first kappa shape index (κ1) is 14.2. The Morgan fingerprint density at radius 3 is 2.48 bits per heavy atom. The number of esters is 1. The van der Waals surface area contributed by atoms with Crippen molar-refractivity contribution in [1.82, 2.24) is 0 Å². The topological polar surface area (TPSA) is 34.0 Å². The fraction of sp³-hybridized carbons (Fsp3) is 0.278. The Balaban J connectivity index is 1.46. The van der Waals surface area contributed by atoms with Crippen LogP contribution < -0.4 is 9.80 Å². The van der Waals surface area contributed by atoms with Crippen LogP contribution in [0.15, 0.2) is 48.5 Å². The molecule has 0 bridgehead atoms. The van der Waals surface area contributed by atoms with Gasteiger partial charge in [0.2, 0.25) is 0 Å². The Bertz CT molecular complexity index is 724. The summed E-state index contributed by atoms with van der Waals surface area (Å²) in [4.78, 5) is 15.5. The molecule has 4 nitrogen and oxygen atoms in total. The van der Waals surface area contributed by atoms with Crippen LogP contribution in [0.25, 0.3) is 0 Å². The van der Waals surface area contributed by atoms with Crippen molar-refractivity contribution in [2.45, 2.75) is 6.23 Å². The number of anilines is 1. The lowest BCUT2D eigenvalue weighted by molar-refractivity contribution is -0.952. The first-order chi connectivity index (χ1) is 11.2. The van der Waals surface area contributed by atoms with Crippen molar-refractivity contribution in [2.24, 2.45) is 0 Å². The zero-order valence-corrected chi connectivity index (χ0v) is 12.7. The number of quaternary nitrogens is 1. The normalized spacial score (nSPS) is 21.2. The Morgan fingerprint density at radius 2 is 1.74 bits per heavy atom. The molecule has 2 aromatic carbocycles. The third-order valence-corrected chi connectivity index (χ3v) is 4.66. The van der Waals surface area contributed by atoms with Crippen LogP contribution in [-0.2, 0) is 4.74 Å². The van der Waals surface area contributed by atoms with E-state index in [9.17, 15) is 9.18 Å². The van der Waals surface area contributed by atoms with Crippen LogP contribution in [0.2, 0.25) is 0 Å². The van der Waals surface area contributed by atoms with Gasteiger partial charge in [0.15, 0.2) is 0 Å². The second-order valence-electron chi connectivity index (χ2n) is 5.99. The number of ether oxygens (including phenoxy) is 1. The number of hydrogen-bond acceptors (Lipinski definition) is 3. The van der Waals surface area contributed by atoms with Crippen LogP contribution in [0.5, 0.6) is 0 Å². The van der Waals surface area contributed by atoms with E-state index >= 15 is 0 Å². The predicted octanol–water partition coefficient (Wildman–Crippen LogP) is 1.40. The molecule has 23 heavy (non-hydrogen) atoms. The minimum atomic E-state index is -0.223. The van der Waals surface area contributed by atoms with Gasteiger partial charge in [-0.1, -0.05) is 12.1 Å². The van der Waals surface area contributed by atoms with Gasteiger partial charge in [0.1, 0.15) is 5.82 Å². The summed E-state index contributed by atoms with van der Waals surface area (Å²) < 4.78 is 18.6. The van der Waals surface area contributed by atoms with E-state index in [-0.39, 0.29) is 18.0 Å². The number of fused-ring (bicyclic) bond motifs is 1. The highest BCUT2D eigenvalue weighted by molar-refractivity contribution is 5.93. The number of hydrogen-bond donors (Lipinski definition) is 1. The molecule has 1 atom stereocenters. The summed E-state index contributed by atoms with van der Waals surface area (Å²) in [7, 11) is 0. The van der Waals surface area contributed by atoms with Crippen molar-refractivity contribution in [3.8, 4) is 0 Å². The van der Waals surface area contributed by atoms with E-state index in [1.807, 2.05) is 36.4 Å². The van der Waals surface area contributed by atoms with Gasteiger partial charge >= 0.3 is 5.97 Å². The van der Waals surface area contributed by atoms with Gasteiger partial charge < -0.3 is 9.64 Å². The molecule has 2 aliphatic heterocycles. The van der Waals surface area contributed by atoms with Gasteiger partial charge in [-0.3, -0.25) is 4.90 Å². The number of carbonyl (C=O) groups excluding carboxylic acids is 1. The van der Waals surface area contributed by atoms with Gasteiger partial charge in [0, 0.05) is 5.69 Å². The van der Waals surface area contributed by atoms with Crippen LogP contribution in [0.4, 0.5) is 10.1 Å². The highest BCUT2D eigenvalue weighted by Crippen LogP contribution is 2.26. The van der Waals surface area contributed by atoms with Crippen LogP contribution in [0.1, 0.15) is 22.1 Å². The molecule has 2 aliphatic rings. The summed E-state index contributed by atoms with van der Waals surface area (Å²) in [5, 5.41) is 0. The Kier molecular flexibility index (Phi) is 3.50. The van der Waals surface area contributed by atoms with Gasteiger partial charge in [0.05, 0.1) is 37.3 Å². The minimum Gasteiger partial charge on any atom is -0.404 e. The molecule has 0 saturated carbocycles. The molecule has 0 spiro atoms. The van der Waals surface area contributed by atoms with Crippen molar-refractivity contribution in [3.63, 3.8) is 0 Å². The third kappa shape index (κ3) is 2.57. The third-order valence-electron chi connectivity index (χ3n) is 4.66.